The monoisotopic (exact) mass is 289 g/mol. The lowest BCUT2D eigenvalue weighted by Crippen LogP contribution is -2.42. The fourth-order valence-corrected chi connectivity index (χ4v) is 3.37. The summed E-state index contributed by atoms with van der Waals surface area (Å²) in [5, 5.41) is 16.8. The van der Waals surface area contributed by atoms with Crippen molar-refractivity contribution in [2.24, 2.45) is 11.7 Å². The third kappa shape index (κ3) is 3.01. The van der Waals surface area contributed by atoms with E-state index in [9.17, 15) is 0 Å². The van der Waals surface area contributed by atoms with Crippen molar-refractivity contribution in [1.29, 1.82) is 5.41 Å². The molecule has 2 heterocycles. The minimum absolute atomic E-state index is 0.109. The molecule has 0 radical (unpaired) electrons. The van der Waals surface area contributed by atoms with Crippen molar-refractivity contribution in [2.75, 3.05) is 11.4 Å². The maximum Gasteiger partial charge on any atom is 0.162 e. The molecule has 21 heavy (non-hydrogen) atoms. The van der Waals surface area contributed by atoms with Crippen LogP contribution < -0.4 is 10.6 Å². The zero-order valence-corrected chi connectivity index (χ0v) is 13.6. The fourth-order valence-electron chi connectivity index (χ4n) is 3.37. The quantitative estimate of drug-likeness (QED) is 0.659. The average Bonchev–Trinajstić information content (AvgIpc) is 2.45. The predicted octanol–water partition coefficient (Wildman–Crippen LogP) is 2.51. The Morgan fingerprint density at radius 3 is 2.52 bits per heavy atom. The molecule has 1 saturated heterocycles. The van der Waals surface area contributed by atoms with E-state index in [2.05, 4.69) is 42.8 Å². The lowest BCUT2D eigenvalue weighted by molar-refractivity contribution is 0.375. The van der Waals surface area contributed by atoms with Gasteiger partial charge in [-0.2, -0.15) is 5.10 Å². The summed E-state index contributed by atoms with van der Waals surface area (Å²) in [6.07, 6.45) is 3.96. The second-order valence-corrected chi connectivity index (χ2v) is 6.12. The number of hydrogen-bond donors (Lipinski definition) is 2. The van der Waals surface area contributed by atoms with Crippen molar-refractivity contribution >= 4 is 11.7 Å². The number of aromatic nitrogens is 2. The second kappa shape index (κ2) is 6.41. The van der Waals surface area contributed by atoms with Crippen LogP contribution in [-0.2, 0) is 12.8 Å². The summed E-state index contributed by atoms with van der Waals surface area (Å²) in [5.41, 5.74) is 8.73. The van der Waals surface area contributed by atoms with Crippen molar-refractivity contribution in [3.05, 3.63) is 16.8 Å². The highest BCUT2D eigenvalue weighted by Gasteiger charge is 2.28. The van der Waals surface area contributed by atoms with E-state index in [0.717, 1.165) is 60.8 Å². The first-order chi connectivity index (χ1) is 9.99. The SMILES string of the molecule is CCc1nnc(N2CCC(C)CC2C)c(C(=N)N)c1CC. The molecule has 2 rings (SSSR count). The molecule has 116 valence electrons. The molecular weight excluding hydrogens is 262 g/mol. The second-order valence-electron chi connectivity index (χ2n) is 6.12. The first-order valence-electron chi connectivity index (χ1n) is 7.98. The largest absolute Gasteiger partial charge is 0.384 e. The Bertz CT molecular complexity index is 526. The van der Waals surface area contributed by atoms with Gasteiger partial charge in [0.2, 0.25) is 0 Å². The van der Waals surface area contributed by atoms with Crippen LogP contribution in [0.15, 0.2) is 0 Å². The summed E-state index contributed by atoms with van der Waals surface area (Å²) in [7, 11) is 0. The van der Waals surface area contributed by atoms with Crippen molar-refractivity contribution in [3.8, 4) is 0 Å². The molecule has 0 spiro atoms. The number of nitrogens with zero attached hydrogens (tertiary/aromatic N) is 3. The summed E-state index contributed by atoms with van der Waals surface area (Å²) >= 11 is 0. The molecule has 1 fully saturated rings. The smallest absolute Gasteiger partial charge is 0.162 e. The van der Waals surface area contributed by atoms with Crippen molar-refractivity contribution in [2.45, 2.75) is 59.4 Å². The molecule has 0 aromatic carbocycles. The molecule has 1 aromatic heterocycles. The van der Waals surface area contributed by atoms with Crippen LogP contribution in [0.25, 0.3) is 0 Å². The minimum atomic E-state index is 0.109. The summed E-state index contributed by atoms with van der Waals surface area (Å²) in [6, 6.07) is 0.415. The van der Waals surface area contributed by atoms with Crippen molar-refractivity contribution in [1.82, 2.24) is 10.2 Å². The molecule has 1 aliphatic rings. The van der Waals surface area contributed by atoms with Crippen LogP contribution in [0.1, 0.15) is 57.4 Å². The molecular formula is C16H27N5. The maximum atomic E-state index is 8.00. The Balaban J connectivity index is 2.50. The average molecular weight is 289 g/mol. The van der Waals surface area contributed by atoms with Gasteiger partial charge >= 0.3 is 0 Å². The highest BCUT2D eigenvalue weighted by Crippen LogP contribution is 2.30. The first kappa shape index (κ1) is 15.7. The molecule has 5 nitrogen and oxygen atoms in total. The number of rotatable bonds is 4. The van der Waals surface area contributed by atoms with Crippen LogP contribution in [0, 0.1) is 11.3 Å². The van der Waals surface area contributed by atoms with Gasteiger partial charge in [0.25, 0.3) is 0 Å². The van der Waals surface area contributed by atoms with E-state index in [1.54, 1.807) is 0 Å². The molecule has 2 unspecified atom stereocenters. The van der Waals surface area contributed by atoms with Crippen LogP contribution in [-0.4, -0.2) is 28.6 Å². The summed E-state index contributed by atoms with van der Waals surface area (Å²) < 4.78 is 0. The van der Waals surface area contributed by atoms with Gasteiger partial charge in [0.05, 0.1) is 11.3 Å². The number of amidine groups is 1. The van der Waals surface area contributed by atoms with E-state index in [0.29, 0.717) is 6.04 Å². The Morgan fingerprint density at radius 2 is 2.00 bits per heavy atom. The standard InChI is InChI=1S/C16H27N5/c1-5-12-13(6-2)19-20-16(14(12)15(17)18)21-8-7-10(3)9-11(21)4/h10-11H,5-9H2,1-4H3,(H3,17,18). The van der Waals surface area contributed by atoms with Crippen LogP contribution in [0.4, 0.5) is 5.82 Å². The van der Waals surface area contributed by atoms with E-state index in [1.807, 2.05) is 0 Å². The van der Waals surface area contributed by atoms with Crippen molar-refractivity contribution < 1.29 is 0 Å². The van der Waals surface area contributed by atoms with E-state index in [1.165, 1.54) is 0 Å². The van der Waals surface area contributed by atoms with E-state index >= 15 is 0 Å². The number of piperidine rings is 1. The minimum Gasteiger partial charge on any atom is -0.384 e. The van der Waals surface area contributed by atoms with E-state index in [4.69, 9.17) is 11.1 Å². The maximum absolute atomic E-state index is 8.00. The van der Waals surface area contributed by atoms with Crippen LogP contribution in [0.2, 0.25) is 0 Å². The number of hydrogen-bond acceptors (Lipinski definition) is 4. The molecule has 1 aliphatic heterocycles. The van der Waals surface area contributed by atoms with Gasteiger partial charge < -0.3 is 10.6 Å². The molecule has 0 aliphatic carbocycles. The molecule has 0 bridgehead atoms. The zero-order chi connectivity index (χ0) is 15.6. The summed E-state index contributed by atoms with van der Waals surface area (Å²) in [5.74, 6) is 1.65. The predicted molar refractivity (Wildman–Crippen MR) is 87.0 cm³/mol. The van der Waals surface area contributed by atoms with Gasteiger partial charge in [-0.05, 0) is 44.1 Å². The molecule has 5 heteroatoms. The van der Waals surface area contributed by atoms with Gasteiger partial charge in [-0.1, -0.05) is 20.8 Å². The van der Waals surface area contributed by atoms with Crippen LogP contribution >= 0.6 is 0 Å². The number of nitrogens with one attached hydrogen (secondary N) is 1. The normalized spacial score (nSPS) is 22.4. The Hall–Kier alpha value is -1.65. The van der Waals surface area contributed by atoms with Crippen LogP contribution in [0.5, 0.6) is 0 Å². The third-order valence-corrected chi connectivity index (χ3v) is 4.51. The number of aryl methyl sites for hydroxylation is 1. The van der Waals surface area contributed by atoms with Gasteiger partial charge in [0.1, 0.15) is 5.84 Å². The Kier molecular flexibility index (Phi) is 4.80. The summed E-state index contributed by atoms with van der Waals surface area (Å²) in [6.45, 7) is 9.64. The molecule has 3 N–H and O–H groups in total. The van der Waals surface area contributed by atoms with E-state index < -0.39 is 0 Å². The van der Waals surface area contributed by atoms with Gasteiger partial charge in [-0.15, -0.1) is 5.10 Å². The topological polar surface area (TPSA) is 78.9 Å². The van der Waals surface area contributed by atoms with Gasteiger partial charge in [-0.3, -0.25) is 5.41 Å². The van der Waals surface area contributed by atoms with Gasteiger partial charge in [0.15, 0.2) is 5.82 Å². The van der Waals surface area contributed by atoms with E-state index in [-0.39, 0.29) is 5.84 Å². The number of nitrogens with two attached hydrogens (primary N) is 1. The molecule has 1 aromatic rings. The highest BCUT2D eigenvalue weighted by molar-refractivity contribution is 6.01. The van der Waals surface area contributed by atoms with Crippen molar-refractivity contribution in [3.63, 3.8) is 0 Å². The molecule has 0 saturated carbocycles. The van der Waals surface area contributed by atoms with Gasteiger partial charge in [0, 0.05) is 12.6 Å². The van der Waals surface area contributed by atoms with Crippen LogP contribution in [0.3, 0.4) is 0 Å². The first-order valence-corrected chi connectivity index (χ1v) is 7.98. The Labute approximate surface area is 127 Å². The number of anilines is 1. The Morgan fingerprint density at radius 1 is 1.29 bits per heavy atom. The summed E-state index contributed by atoms with van der Waals surface area (Å²) in [4.78, 5) is 2.28. The third-order valence-electron chi connectivity index (χ3n) is 4.51. The fraction of sp³-hybridized carbons (Fsp3) is 0.688. The lowest BCUT2D eigenvalue weighted by Gasteiger charge is -2.38. The highest BCUT2D eigenvalue weighted by atomic mass is 15.3. The zero-order valence-electron chi connectivity index (χ0n) is 13.6. The molecule has 0 amide bonds. The number of nitrogen functional groups attached to an aromatic ring is 1. The van der Waals surface area contributed by atoms with Gasteiger partial charge in [-0.25, -0.2) is 0 Å². The lowest BCUT2D eigenvalue weighted by atomic mass is 9.92. The molecule has 2 atom stereocenters.